The first-order chi connectivity index (χ1) is 13.5. The van der Waals surface area contributed by atoms with Crippen LogP contribution in [0.25, 0.3) is 0 Å². The number of benzene rings is 2. The van der Waals surface area contributed by atoms with Crippen molar-refractivity contribution in [1.29, 1.82) is 0 Å². The predicted molar refractivity (Wildman–Crippen MR) is 105 cm³/mol. The van der Waals surface area contributed by atoms with Crippen LogP contribution in [-0.4, -0.2) is 36.4 Å². The molecule has 0 aromatic heterocycles. The van der Waals surface area contributed by atoms with Gasteiger partial charge in [-0.25, -0.2) is 0 Å². The number of rotatable bonds is 5. The lowest BCUT2D eigenvalue weighted by molar-refractivity contribution is -0.206. The van der Waals surface area contributed by atoms with Crippen molar-refractivity contribution in [3.63, 3.8) is 0 Å². The van der Waals surface area contributed by atoms with Crippen LogP contribution in [0.1, 0.15) is 44.2 Å². The van der Waals surface area contributed by atoms with Crippen molar-refractivity contribution < 1.29 is 23.8 Å². The van der Waals surface area contributed by atoms with E-state index < -0.39 is 30.3 Å². The predicted octanol–water partition coefficient (Wildman–Crippen LogP) is 3.86. The largest absolute Gasteiger partial charge is 0.458 e. The van der Waals surface area contributed by atoms with E-state index in [0.29, 0.717) is 6.42 Å². The maximum absolute atomic E-state index is 11.8. The quantitative estimate of drug-likeness (QED) is 0.735. The van der Waals surface area contributed by atoms with Gasteiger partial charge in [0.1, 0.15) is 12.2 Å². The molecule has 4 atom stereocenters. The molecule has 1 aliphatic rings. The summed E-state index contributed by atoms with van der Waals surface area (Å²) in [4.78, 5) is 23.5. The minimum absolute atomic E-state index is 0.143. The summed E-state index contributed by atoms with van der Waals surface area (Å²) >= 11 is 0. The fraction of sp³-hybridized carbons (Fsp3) is 0.391. The van der Waals surface area contributed by atoms with Crippen molar-refractivity contribution in [2.24, 2.45) is 0 Å². The highest BCUT2D eigenvalue weighted by Crippen LogP contribution is 2.38. The summed E-state index contributed by atoms with van der Waals surface area (Å²) < 4.78 is 17.5. The second-order valence-electron chi connectivity index (χ2n) is 7.17. The summed E-state index contributed by atoms with van der Waals surface area (Å²) in [6.45, 7) is 4.67. The number of hydrogen-bond acceptors (Lipinski definition) is 5. The molecular weight excluding hydrogens is 356 g/mol. The van der Waals surface area contributed by atoms with E-state index in [1.165, 1.54) is 13.8 Å². The summed E-state index contributed by atoms with van der Waals surface area (Å²) in [5, 5.41) is 0. The van der Waals surface area contributed by atoms with E-state index in [4.69, 9.17) is 14.2 Å². The van der Waals surface area contributed by atoms with Crippen LogP contribution in [0, 0.1) is 0 Å². The average Bonchev–Trinajstić information content (AvgIpc) is 2.65. The molecule has 1 heterocycles. The molecule has 0 radical (unpaired) electrons. The summed E-state index contributed by atoms with van der Waals surface area (Å²) in [7, 11) is 0. The van der Waals surface area contributed by atoms with Gasteiger partial charge in [-0.2, -0.15) is 0 Å². The second-order valence-corrected chi connectivity index (χ2v) is 7.17. The minimum Gasteiger partial charge on any atom is -0.458 e. The molecule has 28 heavy (non-hydrogen) atoms. The van der Waals surface area contributed by atoms with Gasteiger partial charge in [0, 0.05) is 26.2 Å². The van der Waals surface area contributed by atoms with E-state index in [2.05, 4.69) is 0 Å². The van der Waals surface area contributed by atoms with Crippen LogP contribution >= 0.6 is 0 Å². The van der Waals surface area contributed by atoms with Gasteiger partial charge >= 0.3 is 11.9 Å². The molecule has 0 N–H and O–H groups in total. The molecule has 1 saturated heterocycles. The smallest absolute Gasteiger partial charge is 0.303 e. The Morgan fingerprint density at radius 1 is 0.893 bits per heavy atom. The standard InChI is InChI=1S/C23H26O5/c1-15-14-20(27-16(2)24)22(28-17(3)25)23(26-15)21(18-10-6-4-7-11-18)19-12-8-5-9-13-19/h4-13,15,20-23H,14H2,1-3H3/t15-,20-,22-,23+/m0/s1. The molecule has 0 bridgehead atoms. The molecule has 2 aromatic rings. The van der Waals surface area contributed by atoms with Gasteiger partial charge in [-0.05, 0) is 18.1 Å². The Bertz CT molecular complexity index is 750. The molecule has 3 rings (SSSR count). The van der Waals surface area contributed by atoms with Crippen LogP contribution in [-0.2, 0) is 23.8 Å². The van der Waals surface area contributed by atoms with Gasteiger partial charge in [-0.3, -0.25) is 9.59 Å². The number of hydrogen-bond donors (Lipinski definition) is 0. The van der Waals surface area contributed by atoms with E-state index in [1.54, 1.807) is 0 Å². The molecule has 1 aliphatic heterocycles. The zero-order valence-electron chi connectivity index (χ0n) is 16.4. The maximum Gasteiger partial charge on any atom is 0.303 e. The normalized spacial score (nSPS) is 24.6. The highest BCUT2D eigenvalue weighted by atomic mass is 16.6. The van der Waals surface area contributed by atoms with Crippen LogP contribution < -0.4 is 0 Å². The van der Waals surface area contributed by atoms with Gasteiger partial charge in [0.05, 0.1) is 6.10 Å². The minimum atomic E-state index is -0.692. The van der Waals surface area contributed by atoms with E-state index in [0.717, 1.165) is 11.1 Å². The number of carbonyl (C=O) groups is 2. The van der Waals surface area contributed by atoms with Crippen LogP contribution in [0.2, 0.25) is 0 Å². The van der Waals surface area contributed by atoms with Gasteiger partial charge in [0.2, 0.25) is 0 Å². The van der Waals surface area contributed by atoms with E-state index in [1.807, 2.05) is 67.6 Å². The lowest BCUT2D eigenvalue weighted by atomic mass is 9.80. The molecule has 5 heteroatoms. The zero-order valence-corrected chi connectivity index (χ0v) is 16.4. The van der Waals surface area contributed by atoms with Gasteiger partial charge in [-0.1, -0.05) is 60.7 Å². The molecule has 0 unspecified atom stereocenters. The fourth-order valence-electron chi connectivity index (χ4n) is 3.90. The summed E-state index contributed by atoms with van der Waals surface area (Å²) in [5.41, 5.74) is 2.10. The molecule has 2 aromatic carbocycles. The Morgan fingerprint density at radius 2 is 1.39 bits per heavy atom. The number of esters is 2. The van der Waals surface area contributed by atoms with Crippen LogP contribution in [0.15, 0.2) is 60.7 Å². The second kappa shape index (κ2) is 9.02. The van der Waals surface area contributed by atoms with Gasteiger partial charge in [-0.15, -0.1) is 0 Å². The van der Waals surface area contributed by atoms with Crippen LogP contribution in [0.5, 0.6) is 0 Å². The monoisotopic (exact) mass is 382 g/mol. The Morgan fingerprint density at radius 3 is 1.86 bits per heavy atom. The highest BCUT2D eigenvalue weighted by molar-refractivity contribution is 5.67. The van der Waals surface area contributed by atoms with E-state index in [9.17, 15) is 9.59 Å². The number of ether oxygens (including phenoxy) is 3. The van der Waals surface area contributed by atoms with Crippen molar-refractivity contribution in [2.45, 2.75) is 57.5 Å². The first kappa shape index (κ1) is 20.1. The van der Waals surface area contributed by atoms with Gasteiger partial charge < -0.3 is 14.2 Å². The maximum atomic E-state index is 11.8. The highest BCUT2D eigenvalue weighted by Gasteiger charge is 2.46. The lowest BCUT2D eigenvalue weighted by Gasteiger charge is -2.43. The topological polar surface area (TPSA) is 61.8 Å². The molecule has 5 nitrogen and oxygen atoms in total. The Labute approximate surface area is 165 Å². The molecule has 148 valence electrons. The van der Waals surface area contributed by atoms with Crippen LogP contribution in [0.4, 0.5) is 0 Å². The third-order valence-electron chi connectivity index (χ3n) is 4.91. The first-order valence-corrected chi connectivity index (χ1v) is 9.55. The molecule has 0 aliphatic carbocycles. The Kier molecular flexibility index (Phi) is 6.47. The molecular formula is C23H26O5. The Balaban J connectivity index is 2.06. The summed E-state index contributed by atoms with van der Waals surface area (Å²) in [5.74, 6) is -0.997. The van der Waals surface area contributed by atoms with E-state index >= 15 is 0 Å². The van der Waals surface area contributed by atoms with Crippen molar-refractivity contribution in [1.82, 2.24) is 0 Å². The van der Waals surface area contributed by atoms with Crippen LogP contribution in [0.3, 0.4) is 0 Å². The summed E-state index contributed by atoms with van der Waals surface area (Å²) in [6, 6.07) is 20.0. The van der Waals surface area contributed by atoms with Crippen molar-refractivity contribution >= 4 is 11.9 Å². The third-order valence-corrected chi connectivity index (χ3v) is 4.91. The molecule has 0 amide bonds. The van der Waals surface area contributed by atoms with E-state index in [-0.39, 0.29) is 12.0 Å². The van der Waals surface area contributed by atoms with Crippen molar-refractivity contribution in [3.05, 3.63) is 71.8 Å². The molecule has 1 fully saturated rings. The third kappa shape index (κ3) is 4.78. The SMILES string of the molecule is CC(=O)O[C@H]1[C@@H](OC(C)=O)C[C@H](C)O[C@@H]1C(c1ccccc1)c1ccccc1. The summed E-state index contributed by atoms with van der Waals surface area (Å²) in [6.07, 6.45) is -1.39. The first-order valence-electron chi connectivity index (χ1n) is 9.55. The molecule has 0 spiro atoms. The average molecular weight is 382 g/mol. The van der Waals surface area contributed by atoms with Crippen molar-refractivity contribution in [3.8, 4) is 0 Å². The Hall–Kier alpha value is -2.66. The fourth-order valence-corrected chi connectivity index (χ4v) is 3.90. The van der Waals surface area contributed by atoms with Gasteiger partial charge in [0.15, 0.2) is 6.10 Å². The number of carbonyl (C=O) groups excluding carboxylic acids is 2. The lowest BCUT2D eigenvalue weighted by Crippen LogP contribution is -2.53. The zero-order chi connectivity index (χ0) is 20.1. The molecule has 0 saturated carbocycles. The van der Waals surface area contributed by atoms with Crippen molar-refractivity contribution in [2.75, 3.05) is 0 Å². The van der Waals surface area contributed by atoms with Gasteiger partial charge in [0.25, 0.3) is 0 Å².